The standard InChI is InChI=1S/C15H18ClNO3/c1-8(9-4-6-10(16)7-5-9)17-13(18)11-12(14(19)20)15(11,2)3/h4-8,11-12H,1-3H3,(H,17,18)(H,19,20)/t8-,11?,12?/m1/s1. The fourth-order valence-corrected chi connectivity index (χ4v) is 2.85. The van der Waals surface area contributed by atoms with E-state index in [4.69, 9.17) is 16.7 Å². The zero-order valence-electron chi connectivity index (χ0n) is 11.7. The molecular formula is C15H18ClNO3. The molecule has 1 aromatic rings. The van der Waals surface area contributed by atoms with Gasteiger partial charge in [-0.15, -0.1) is 0 Å². The molecule has 0 bridgehead atoms. The number of aliphatic carboxylic acids is 1. The molecule has 1 fully saturated rings. The summed E-state index contributed by atoms with van der Waals surface area (Å²) in [5.74, 6) is -2.17. The van der Waals surface area contributed by atoms with Gasteiger partial charge in [-0.2, -0.15) is 0 Å². The van der Waals surface area contributed by atoms with Gasteiger partial charge in [0.15, 0.2) is 0 Å². The average Bonchev–Trinajstić information content (AvgIpc) is 2.93. The summed E-state index contributed by atoms with van der Waals surface area (Å²) in [5.41, 5.74) is 0.461. The predicted molar refractivity (Wildman–Crippen MR) is 76.4 cm³/mol. The molecule has 0 saturated heterocycles. The number of carbonyl (C=O) groups excluding carboxylic acids is 1. The lowest BCUT2D eigenvalue weighted by Crippen LogP contribution is -2.29. The Morgan fingerprint density at radius 2 is 1.80 bits per heavy atom. The minimum absolute atomic E-state index is 0.175. The monoisotopic (exact) mass is 295 g/mol. The summed E-state index contributed by atoms with van der Waals surface area (Å²) < 4.78 is 0. The summed E-state index contributed by atoms with van der Waals surface area (Å²) in [6.07, 6.45) is 0. The van der Waals surface area contributed by atoms with E-state index >= 15 is 0 Å². The van der Waals surface area contributed by atoms with Crippen LogP contribution in [0.15, 0.2) is 24.3 Å². The average molecular weight is 296 g/mol. The van der Waals surface area contributed by atoms with Crippen LogP contribution >= 0.6 is 11.6 Å². The predicted octanol–water partition coefficient (Wildman–Crippen LogP) is 2.87. The van der Waals surface area contributed by atoms with Gasteiger partial charge in [0.25, 0.3) is 0 Å². The summed E-state index contributed by atoms with van der Waals surface area (Å²) in [6.45, 7) is 5.48. The van der Waals surface area contributed by atoms with Crippen molar-refractivity contribution < 1.29 is 14.7 Å². The van der Waals surface area contributed by atoms with Gasteiger partial charge in [0.1, 0.15) is 0 Å². The SMILES string of the molecule is C[C@@H](NC(=O)C1C(C(=O)O)C1(C)C)c1ccc(Cl)cc1. The zero-order valence-corrected chi connectivity index (χ0v) is 12.4. The van der Waals surface area contributed by atoms with Crippen molar-refractivity contribution in [3.8, 4) is 0 Å². The van der Waals surface area contributed by atoms with E-state index in [-0.39, 0.29) is 11.9 Å². The van der Waals surface area contributed by atoms with Crippen molar-refractivity contribution in [3.63, 3.8) is 0 Å². The van der Waals surface area contributed by atoms with Gasteiger partial charge >= 0.3 is 5.97 Å². The summed E-state index contributed by atoms with van der Waals surface area (Å²) >= 11 is 5.82. The maximum atomic E-state index is 12.2. The Balaban J connectivity index is 2.02. The first kappa shape index (κ1) is 14.9. The molecule has 1 aliphatic rings. The Bertz CT molecular complexity index is 539. The second-order valence-corrected chi connectivity index (χ2v) is 6.33. The van der Waals surface area contributed by atoms with E-state index in [9.17, 15) is 9.59 Å². The highest BCUT2D eigenvalue weighted by atomic mass is 35.5. The van der Waals surface area contributed by atoms with E-state index in [2.05, 4.69) is 5.32 Å². The molecule has 0 heterocycles. The van der Waals surface area contributed by atoms with Crippen LogP contribution in [0.3, 0.4) is 0 Å². The Morgan fingerprint density at radius 3 is 2.25 bits per heavy atom. The quantitative estimate of drug-likeness (QED) is 0.897. The number of hydrogen-bond donors (Lipinski definition) is 2. The summed E-state index contributed by atoms with van der Waals surface area (Å²) in [7, 11) is 0. The van der Waals surface area contributed by atoms with Crippen LogP contribution in [0.1, 0.15) is 32.4 Å². The van der Waals surface area contributed by atoms with Crippen molar-refractivity contribution in [2.24, 2.45) is 17.3 Å². The van der Waals surface area contributed by atoms with Gasteiger partial charge in [0.05, 0.1) is 17.9 Å². The van der Waals surface area contributed by atoms with Crippen molar-refractivity contribution >= 4 is 23.5 Å². The maximum absolute atomic E-state index is 12.2. The first-order chi connectivity index (χ1) is 9.25. The molecule has 0 spiro atoms. The lowest BCUT2D eigenvalue weighted by Gasteiger charge is -2.15. The van der Waals surface area contributed by atoms with E-state index in [0.29, 0.717) is 5.02 Å². The van der Waals surface area contributed by atoms with E-state index in [1.54, 1.807) is 12.1 Å². The van der Waals surface area contributed by atoms with Gasteiger partial charge in [-0.3, -0.25) is 9.59 Å². The minimum atomic E-state index is -0.908. The number of carbonyl (C=O) groups is 2. The molecule has 20 heavy (non-hydrogen) atoms. The molecule has 1 amide bonds. The van der Waals surface area contributed by atoms with E-state index in [0.717, 1.165) is 5.56 Å². The number of nitrogens with one attached hydrogen (secondary N) is 1. The third-order valence-electron chi connectivity index (χ3n) is 4.10. The molecule has 0 aliphatic heterocycles. The van der Waals surface area contributed by atoms with Gasteiger partial charge in [0.2, 0.25) is 5.91 Å². The number of halogens is 1. The molecule has 2 unspecified atom stereocenters. The fourth-order valence-electron chi connectivity index (χ4n) is 2.73. The second kappa shape index (κ2) is 5.09. The van der Waals surface area contributed by atoms with Gasteiger partial charge in [-0.25, -0.2) is 0 Å². The molecule has 0 radical (unpaired) electrons. The number of carboxylic acids is 1. The van der Waals surface area contributed by atoms with Gasteiger partial charge in [0, 0.05) is 5.02 Å². The van der Waals surface area contributed by atoms with Crippen LogP contribution in [0.25, 0.3) is 0 Å². The van der Waals surface area contributed by atoms with E-state index in [1.165, 1.54) is 0 Å². The molecular weight excluding hydrogens is 278 g/mol. The number of hydrogen-bond acceptors (Lipinski definition) is 2. The van der Waals surface area contributed by atoms with Crippen molar-refractivity contribution in [2.45, 2.75) is 26.8 Å². The van der Waals surface area contributed by atoms with Crippen LogP contribution in [0.5, 0.6) is 0 Å². The minimum Gasteiger partial charge on any atom is -0.481 e. The molecule has 1 aliphatic carbocycles. The number of rotatable bonds is 4. The number of amides is 1. The highest BCUT2D eigenvalue weighted by molar-refractivity contribution is 6.30. The highest BCUT2D eigenvalue weighted by Gasteiger charge is 2.65. The molecule has 5 heteroatoms. The zero-order chi connectivity index (χ0) is 15.1. The first-order valence-electron chi connectivity index (χ1n) is 6.53. The largest absolute Gasteiger partial charge is 0.481 e. The Hall–Kier alpha value is -1.55. The third-order valence-corrected chi connectivity index (χ3v) is 4.36. The Morgan fingerprint density at radius 1 is 1.25 bits per heavy atom. The molecule has 1 aromatic carbocycles. The lowest BCUT2D eigenvalue weighted by atomic mass is 10.1. The van der Waals surface area contributed by atoms with E-state index < -0.39 is 23.2 Å². The molecule has 1 saturated carbocycles. The third kappa shape index (κ3) is 2.66. The van der Waals surface area contributed by atoms with Crippen LogP contribution in [0, 0.1) is 17.3 Å². The van der Waals surface area contributed by atoms with E-state index in [1.807, 2.05) is 32.9 Å². The fraction of sp³-hybridized carbons (Fsp3) is 0.467. The van der Waals surface area contributed by atoms with Crippen molar-refractivity contribution in [2.75, 3.05) is 0 Å². The number of benzene rings is 1. The second-order valence-electron chi connectivity index (χ2n) is 5.90. The normalized spacial score (nSPS) is 24.8. The van der Waals surface area contributed by atoms with Crippen molar-refractivity contribution in [1.29, 1.82) is 0 Å². The topological polar surface area (TPSA) is 66.4 Å². The number of carboxylic acid groups (broad SMARTS) is 1. The first-order valence-corrected chi connectivity index (χ1v) is 6.91. The molecule has 2 N–H and O–H groups in total. The van der Waals surface area contributed by atoms with Crippen LogP contribution in [0.2, 0.25) is 5.02 Å². The molecule has 2 rings (SSSR count). The summed E-state index contributed by atoms with van der Waals surface area (Å²) in [6, 6.07) is 7.05. The van der Waals surface area contributed by atoms with Crippen LogP contribution in [-0.4, -0.2) is 17.0 Å². The van der Waals surface area contributed by atoms with Crippen LogP contribution < -0.4 is 5.32 Å². The van der Waals surface area contributed by atoms with Crippen LogP contribution in [-0.2, 0) is 9.59 Å². The summed E-state index contributed by atoms with van der Waals surface area (Å²) in [5, 5.41) is 12.6. The van der Waals surface area contributed by atoms with Gasteiger partial charge < -0.3 is 10.4 Å². The lowest BCUT2D eigenvalue weighted by molar-refractivity contribution is -0.140. The van der Waals surface area contributed by atoms with Gasteiger partial charge in [-0.05, 0) is 30.0 Å². The Kier molecular flexibility index (Phi) is 3.78. The van der Waals surface area contributed by atoms with Crippen LogP contribution in [0.4, 0.5) is 0 Å². The Labute approximate surface area is 123 Å². The molecule has 108 valence electrons. The van der Waals surface area contributed by atoms with Gasteiger partial charge in [-0.1, -0.05) is 37.6 Å². The molecule has 3 atom stereocenters. The maximum Gasteiger partial charge on any atom is 0.307 e. The highest BCUT2D eigenvalue weighted by Crippen LogP contribution is 2.58. The smallest absolute Gasteiger partial charge is 0.307 e. The van der Waals surface area contributed by atoms with Crippen molar-refractivity contribution in [1.82, 2.24) is 5.32 Å². The molecule has 4 nitrogen and oxygen atoms in total. The summed E-state index contributed by atoms with van der Waals surface area (Å²) in [4.78, 5) is 23.3. The molecule has 0 aromatic heterocycles. The van der Waals surface area contributed by atoms with Crippen molar-refractivity contribution in [3.05, 3.63) is 34.9 Å².